The Morgan fingerprint density at radius 2 is 1.95 bits per heavy atom. The van der Waals surface area contributed by atoms with Crippen LogP contribution in [0.15, 0.2) is 42.7 Å². The van der Waals surface area contributed by atoms with E-state index in [1.807, 2.05) is 24.3 Å². The molecule has 0 amide bonds. The van der Waals surface area contributed by atoms with Gasteiger partial charge >= 0.3 is 0 Å². The van der Waals surface area contributed by atoms with Crippen molar-refractivity contribution in [2.24, 2.45) is 0 Å². The Balaban J connectivity index is 1.79. The summed E-state index contributed by atoms with van der Waals surface area (Å²) >= 11 is 12.0. The molecule has 6 heteroatoms. The lowest BCUT2D eigenvalue weighted by Gasteiger charge is -2.04. The Bertz CT molecular complexity index is 741. The summed E-state index contributed by atoms with van der Waals surface area (Å²) in [6.45, 7) is 0. The summed E-state index contributed by atoms with van der Waals surface area (Å²) in [5, 5.41) is 1.15. The fraction of sp³-hybridized carbons (Fsp3) is 0.133. The van der Waals surface area contributed by atoms with Crippen molar-refractivity contribution in [2.75, 3.05) is 0 Å². The zero-order chi connectivity index (χ0) is 14.7. The van der Waals surface area contributed by atoms with Crippen LogP contribution in [-0.2, 0) is 12.8 Å². The molecule has 0 spiro atoms. The molecule has 0 unspecified atom stereocenters. The second-order valence-electron chi connectivity index (χ2n) is 4.56. The van der Waals surface area contributed by atoms with Gasteiger partial charge in [0, 0.05) is 29.9 Å². The van der Waals surface area contributed by atoms with Crippen molar-refractivity contribution in [2.45, 2.75) is 12.8 Å². The number of nitrogens with one attached hydrogen (secondary N) is 1. The molecule has 0 saturated heterocycles. The number of benzene rings is 1. The lowest BCUT2D eigenvalue weighted by atomic mass is 10.1. The minimum absolute atomic E-state index is 0.414. The monoisotopic (exact) mass is 318 g/mol. The van der Waals surface area contributed by atoms with Gasteiger partial charge in [-0.25, -0.2) is 15.0 Å². The van der Waals surface area contributed by atoms with Gasteiger partial charge in [0.1, 0.15) is 16.7 Å². The van der Waals surface area contributed by atoms with E-state index in [1.165, 1.54) is 0 Å². The van der Waals surface area contributed by atoms with Gasteiger partial charge in [-0.15, -0.1) is 0 Å². The third-order valence-electron chi connectivity index (χ3n) is 3.01. The standard InChI is InChI=1S/C15H12Cl2N4/c16-11-3-1-2-10(8-11)4-5-14-20-12(9-13(17)21-14)15-18-6-7-19-15/h1-3,6-9H,4-5H2,(H,18,19). The summed E-state index contributed by atoms with van der Waals surface area (Å²) in [6.07, 6.45) is 4.92. The van der Waals surface area contributed by atoms with E-state index < -0.39 is 0 Å². The number of hydrogen-bond donors (Lipinski definition) is 1. The number of rotatable bonds is 4. The molecule has 0 aliphatic rings. The number of H-pyrrole nitrogens is 1. The molecule has 0 radical (unpaired) electrons. The Labute approximate surface area is 132 Å². The van der Waals surface area contributed by atoms with E-state index in [1.54, 1.807) is 18.5 Å². The van der Waals surface area contributed by atoms with Gasteiger partial charge in [0.05, 0.1) is 0 Å². The van der Waals surface area contributed by atoms with Crippen molar-refractivity contribution < 1.29 is 0 Å². The number of hydrogen-bond acceptors (Lipinski definition) is 3. The van der Waals surface area contributed by atoms with Gasteiger partial charge < -0.3 is 4.98 Å². The zero-order valence-corrected chi connectivity index (χ0v) is 12.6. The third kappa shape index (κ3) is 3.60. The highest BCUT2D eigenvalue weighted by Gasteiger charge is 2.08. The second-order valence-corrected chi connectivity index (χ2v) is 5.38. The first-order chi connectivity index (χ1) is 10.2. The molecule has 4 nitrogen and oxygen atoms in total. The Morgan fingerprint density at radius 1 is 1.05 bits per heavy atom. The van der Waals surface area contributed by atoms with Gasteiger partial charge in [0.15, 0.2) is 5.82 Å². The van der Waals surface area contributed by atoms with Crippen LogP contribution in [0.3, 0.4) is 0 Å². The third-order valence-corrected chi connectivity index (χ3v) is 3.44. The lowest BCUT2D eigenvalue weighted by molar-refractivity contribution is 0.858. The van der Waals surface area contributed by atoms with Crippen LogP contribution in [0.2, 0.25) is 10.2 Å². The van der Waals surface area contributed by atoms with Crippen LogP contribution in [0.25, 0.3) is 11.5 Å². The molecular formula is C15H12Cl2N4. The van der Waals surface area contributed by atoms with Crippen LogP contribution in [0, 0.1) is 0 Å². The number of nitrogens with zero attached hydrogens (tertiary/aromatic N) is 3. The van der Waals surface area contributed by atoms with Crippen LogP contribution in [0.5, 0.6) is 0 Å². The predicted molar refractivity (Wildman–Crippen MR) is 83.5 cm³/mol. The van der Waals surface area contributed by atoms with Crippen molar-refractivity contribution in [3.05, 3.63) is 64.3 Å². The fourth-order valence-corrected chi connectivity index (χ4v) is 2.47. The highest BCUT2D eigenvalue weighted by Crippen LogP contribution is 2.17. The summed E-state index contributed by atoms with van der Waals surface area (Å²) in [5.41, 5.74) is 1.84. The first-order valence-electron chi connectivity index (χ1n) is 6.48. The number of aromatic amines is 1. The second kappa shape index (κ2) is 6.24. The van der Waals surface area contributed by atoms with E-state index >= 15 is 0 Å². The molecule has 1 aromatic carbocycles. The number of aryl methyl sites for hydroxylation is 2. The molecule has 0 bridgehead atoms. The van der Waals surface area contributed by atoms with Crippen molar-refractivity contribution >= 4 is 23.2 Å². The largest absolute Gasteiger partial charge is 0.343 e. The van der Waals surface area contributed by atoms with Crippen LogP contribution in [0.4, 0.5) is 0 Å². The van der Waals surface area contributed by atoms with Crippen molar-refractivity contribution in [1.82, 2.24) is 19.9 Å². The number of imidazole rings is 1. The Hall–Kier alpha value is -1.91. The maximum Gasteiger partial charge on any atom is 0.156 e. The first kappa shape index (κ1) is 14.0. The highest BCUT2D eigenvalue weighted by atomic mass is 35.5. The van der Waals surface area contributed by atoms with E-state index in [-0.39, 0.29) is 0 Å². The molecule has 0 aliphatic heterocycles. The fourth-order valence-electron chi connectivity index (χ4n) is 2.05. The van der Waals surface area contributed by atoms with Crippen LogP contribution >= 0.6 is 23.2 Å². The maximum absolute atomic E-state index is 6.06. The average Bonchev–Trinajstić information content (AvgIpc) is 2.99. The smallest absolute Gasteiger partial charge is 0.156 e. The Morgan fingerprint density at radius 3 is 2.71 bits per heavy atom. The van der Waals surface area contributed by atoms with Gasteiger partial charge in [-0.1, -0.05) is 35.3 Å². The average molecular weight is 319 g/mol. The lowest BCUT2D eigenvalue weighted by Crippen LogP contribution is -2.00. The SMILES string of the molecule is Clc1cccc(CCc2nc(Cl)cc(-c3ncc[nH]3)n2)c1. The molecule has 0 fully saturated rings. The zero-order valence-electron chi connectivity index (χ0n) is 11.1. The van der Waals surface area contributed by atoms with Crippen molar-refractivity contribution in [3.8, 4) is 11.5 Å². The number of halogens is 2. The van der Waals surface area contributed by atoms with Gasteiger partial charge in [0.25, 0.3) is 0 Å². The minimum Gasteiger partial charge on any atom is -0.343 e. The van der Waals surface area contributed by atoms with Gasteiger partial charge in [-0.2, -0.15) is 0 Å². The van der Waals surface area contributed by atoms with E-state index in [0.717, 1.165) is 17.0 Å². The molecule has 0 aliphatic carbocycles. The van der Waals surface area contributed by atoms with E-state index in [9.17, 15) is 0 Å². The van der Waals surface area contributed by atoms with Gasteiger partial charge in [-0.3, -0.25) is 0 Å². The maximum atomic E-state index is 6.06. The summed E-state index contributed by atoms with van der Waals surface area (Å²) in [6, 6.07) is 9.47. The van der Waals surface area contributed by atoms with E-state index in [2.05, 4.69) is 19.9 Å². The molecule has 3 rings (SSSR count). The molecule has 1 N–H and O–H groups in total. The molecule has 21 heavy (non-hydrogen) atoms. The molecular weight excluding hydrogens is 307 g/mol. The summed E-state index contributed by atoms with van der Waals surface area (Å²) in [5.74, 6) is 1.37. The summed E-state index contributed by atoms with van der Waals surface area (Å²) < 4.78 is 0. The normalized spacial score (nSPS) is 10.8. The highest BCUT2D eigenvalue weighted by molar-refractivity contribution is 6.30. The Kier molecular flexibility index (Phi) is 4.18. The van der Waals surface area contributed by atoms with Crippen LogP contribution in [0.1, 0.15) is 11.4 Å². The first-order valence-corrected chi connectivity index (χ1v) is 7.24. The van der Waals surface area contributed by atoms with Gasteiger partial charge in [-0.05, 0) is 24.1 Å². The van der Waals surface area contributed by atoms with Crippen LogP contribution < -0.4 is 0 Å². The van der Waals surface area contributed by atoms with Crippen molar-refractivity contribution in [1.29, 1.82) is 0 Å². The van der Waals surface area contributed by atoms with E-state index in [4.69, 9.17) is 23.2 Å². The summed E-state index contributed by atoms with van der Waals surface area (Å²) in [7, 11) is 0. The van der Waals surface area contributed by atoms with E-state index in [0.29, 0.717) is 28.9 Å². The molecule has 3 aromatic rings. The predicted octanol–water partition coefficient (Wildman–Crippen LogP) is 3.96. The van der Waals surface area contributed by atoms with Crippen LogP contribution in [-0.4, -0.2) is 19.9 Å². The summed E-state index contributed by atoms with van der Waals surface area (Å²) in [4.78, 5) is 15.9. The molecule has 0 atom stereocenters. The minimum atomic E-state index is 0.414. The quantitative estimate of drug-likeness (QED) is 0.741. The molecule has 2 heterocycles. The topological polar surface area (TPSA) is 54.5 Å². The molecule has 2 aromatic heterocycles. The van der Waals surface area contributed by atoms with Gasteiger partial charge in [0.2, 0.25) is 0 Å². The van der Waals surface area contributed by atoms with Crippen molar-refractivity contribution in [3.63, 3.8) is 0 Å². The number of aromatic nitrogens is 4. The molecule has 106 valence electrons. The molecule has 0 saturated carbocycles.